The molecule has 3 nitrogen and oxygen atoms in total. The first kappa shape index (κ1) is 9.79. The second kappa shape index (κ2) is 4.18. The smallest absolute Gasteiger partial charge is 0.0900 e. The summed E-state index contributed by atoms with van der Waals surface area (Å²) in [5, 5.41) is 4.09. The lowest BCUT2D eigenvalue weighted by atomic mass is 10.1. The van der Waals surface area contributed by atoms with Gasteiger partial charge in [0, 0.05) is 10.3 Å². The zero-order valence-corrected chi connectivity index (χ0v) is 9.36. The van der Waals surface area contributed by atoms with Crippen LogP contribution in [0.15, 0.2) is 22.3 Å². The summed E-state index contributed by atoms with van der Waals surface area (Å²) >= 11 is 3.31. The zero-order chi connectivity index (χ0) is 9.97. The number of nitrogens with one attached hydrogen (secondary N) is 1. The molecule has 2 heterocycles. The number of thiazole rings is 1. The van der Waals surface area contributed by atoms with Crippen LogP contribution in [0.3, 0.4) is 0 Å². The van der Waals surface area contributed by atoms with E-state index in [1.54, 1.807) is 22.7 Å². The number of thiophene rings is 1. The predicted octanol–water partition coefficient (Wildman–Crippen LogP) is 2.07. The van der Waals surface area contributed by atoms with Crippen LogP contribution in [0.2, 0.25) is 0 Å². The molecule has 2 aromatic heterocycles. The summed E-state index contributed by atoms with van der Waals surface area (Å²) < 4.78 is 0. The Balaban J connectivity index is 2.36. The van der Waals surface area contributed by atoms with Crippen LogP contribution in [0.1, 0.15) is 22.2 Å². The number of aryl methyl sites for hydroxylation is 1. The van der Waals surface area contributed by atoms with E-state index >= 15 is 0 Å². The molecule has 0 fully saturated rings. The molecule has 2 rings (SSSR count). The maximum Gasteiger partial charge on any atom is 0.0900 e. The quantitative estimate of drug-likeness (QED) is 0.621. The van der Waals surface area contributed by atoms with Gasteiger partial charge in [-0.3, -0.25) is 5.84 Å². The van der Waals surface area contributed by atoms with E-state index in [-0.39, 0.29) is 6.04 Å². The van der Waals surface area contributed by atoms with E-state index < -0.39 is 0 Å². The topological polar surface area (TPSA) is 50.9 Å². The second-order valence-electron chi connectivity index (χ2n) is 2.95. The van der Waals surface area contributed by atoms with Gasteiger partial charge in [0.15, 0.2) is 0 Å². The number of hydrazine groups is 1. The van der Waals surface area contributed by atoms with Crippen LogP contribution in [-0.2, 0) is 0 Å². The number of nitrogens with zero attached hydrogens (tertiary/aromatic N) is 1. The average Bonchev–Trinajstić information content (AvgIpc) is 2.80. The van der Waals surface area contributed by atoms with Crippen LogP contribution in [0.4, 0.5) is 0 Å². The fraction of sp³-hybridized carbons (Fsp3) is 0.222. The first-order chi connectivity index (χ1) is 6.83. The first-order valence-corrected chi connectivity index (χ1v) is 6.03. The van der Waals surface area contributed by atoms with Crippen molar-refractivity contribution in [2.45, 2.75) is 13.0 Å². The Labute approximate surface area is 90.6 Å². The maximum absolute atomic E-state index is 5.54. The standard InChI is InChI=1S/C9H11N3S2/c1-6-7(2-3-14-6)9(12-10)8-4-13-5-11-8/h2-5,9,12H,10H2,1H3. The molecule has 0 aromatic carbocycles. The Kier molecular flexibility index (Phi) is 2.93. The third kappa shape index (κ3) is 1.72. The van der Waals surface area contributed by atoms with Crippen molar-refractivity contribution in [3.05, 3.63) is 38.5 Å². The molecular weight excluding hydrogens is 214 g/mol. The molecule has 0 saturated carbocycles. The van der Waals surface area contributed by atoms with Crippen molar-refractivity contribution in [2.75, 3.05) is 0 Å². The van der Waals surface area contributed by atoms with Crippen molar-refractivity contribution >= 4 is 22.7 Å². The minimum atomic E-state index is 0.0208. The highest BCUT2D eigenvalue weighted by atomic mass is 32.1. The minimum Gasteiger partial charge on any atom is -0.271 e. The van der Waals surface area contributed by atoms with Crippen LogP contribution in [-0.4, -0.2) is 4.98 Å². The van der Waals surface area contributed by atoms with Gasteiger partial charge in [-0.1, -0.05) is 0 Å². The fourth-order valence-electron chi connectivity index (χ4n) is 1.39. The van der Waals surface area contributed by atoms with Crippen molar-refractivity contribution in [3.8, 4) is 0 Å². The summed E-state index contributed by atoms with van der Waals surface area (Å²) in [6.07, 6.45) is 0. The third-order valence-corrected chi connectivity index (χ3v) is 3.59. The van der Waals surface area contributed by atoms with Gasteiger partial charge in [-0.25, -0.2) is 10.4 Å². The normalized spacial score (nSPS) is 13.0. The Hall–Kier alpha value is -0.750. The summed E-state index contributed by atoms with van der Waals surface area (Å²) in [5.74, 6) is 5.54. The molecule has 0 saturated heterocycles. The van der Waals surface area contributed by atoms with E-state index in [0.29, 0.717) is 0 Å². The van der Waals surface area contributed by atoms with Crippen LogP contribution in [0.5, 0.6) is 0 Å². The van der Waals surface area contributed by atoms with Gasteiger partial charge in [0.05, 0.1) is 17.2 Å². The van der Waals surface area contributed by atoms with Gasteiger partial charge in [-0.15, -0.1) is 22.7 Å². The molecule has 0 radical (unpaired) electrons. The Morgan fingerprint density at radius 3 is 2.93 bits per heavy atom. The lowest BCUT2D eigenvalue weighted by Gasteiger charge is -2.13. The average molecular weight is 225 g/mol. The summed E-state index contributed by atoms with van der Waals surface area (Å²) in [6, 6.07) is 2.11. The first-order valence-electron chi connectivity index (χ1n) is 4.21. The second-order valence-corrected chi connectivity index (χ2v) is 4.78. The number of hydrogen-bond donors (Lipinski definition) is 2. The molecule has 0 amide bonds. The van der Waals surface area contributed by atoms with Gasteiger partial charge in [0.2, 0.25) is 0 Å². The summed E-state index contributed by atoms with van der Waals surface area (Å²) in [7, 11) is 0. The Morgan fingerprint density at radius 1 is 1.57 bits per heavy atom. The lowest BCUT2D eigenvalue weighted by molar-refractivity contribution is 0.623. The van der Waals surface area contributed by atoms with Gasteiger partial charge in [0.1, 0.15) is 0 Å². The molecule has 3 N–H and O–H groups in total. The van der Waals surface area contributed by atoms with Crippen LogP contribution in [0.25, 0.3) is 0 Å². The fourth-order valence-corrected chi connectivity index (χ4v) is 2.71. The molecule has 0 aliphatic heterocycles. The minimum absolute atomic E-state index is 0.0208. The highest BCUT2D eigenvalue weighted by Crippen LogP contribution is 2.27. The molecule has 0 aliphatic rings. The maximum atomic E-state index is 5.54. The molecule has 0 aliphatic carbocycles. The molecule has 74 valence electrons. The molecule has 2 aromatic rings. The van der Waals surface area contributed by atoms with E-state index in [4.69, 9.17) is 5.84 Å². The van der Waals surface area contributed by atoms with Crippen LogP contribution < -0.4 is 11.3 Å². The predicted molar refractivity (Wildman–Crippen MR) is 60.3 cm³/mol. The van der Waals surface area contributed by atoms with Crippen molar-refractivity contribution in [1.29, 1.82) is 0 Å². The van der Waals surface area contributed by atoms with E-state index in [0.717, 1.165) is 5.69 Å². The van der Waals surface area contributed by atoms with Crippen LogP contribution in [0, 0.1) is 6.92 Å². The number of hydrogen-bond acceptors (Lipinski definition) is 5. The number of rotatable bonds is 3. The molecule has 14 heavy (non-hydrogen) atoms. The van der Waals surface area contributed by atoms with E-state index in [2.05, 4.69) is 28.8 Å². The molecular formula is C9H11N3S2. The largest absolute Gasteiger partial charge is 0.271 e. The third-order valence-electron chi connectivity index (χ3n) is 2.12. The highest BCUT2D eigenvalue weighted by Gasteiger charge is 2.16. The molecule has 1 unspecified atom stereocenters. The summed E-state index contributed by atoms with van der Waals surface area (Å²) in [6.45, 7) is 2.09. The summed E-state index contributed by atoms with van der Waals surface area (Å²) in [4.78, 5) is 5.54. The van der Waals surface area contributed by atoms with Gasteiger partial charge in [0.25, 0.3) is 0 Å². The molecule has 5 heteroatoms. The Bertz CT molecular complexity index is 394. The lowest BCUT2D eigenvalue weighted by Crippen LogP contribution is -2.29. The monoisotopic (exact) mass is 225 g/mol. The number of nitrogens with two attached hydrogens (primary N) is 1. The van der Waals surface area contributed by atoms with E-state index in [9.17, 15) is 0 Å². The SMILES string of the molecule is Cc1sccc1C(NN)c1cscn1. The Morgan fingerprint density at radius 2 is 2.43 bits per heavy atom. The van der Waals surface area contributed by atoms with Crippen molar-refractivity contribution in [1.82, 2.24) is 10.4 Å². The van der Waals surface area contributed by atoms with Crippen molar-refractivity contribution < 1.29 is 0 Å². The highest BCUT2D eigenvalue weighted by molar-refractivity contribution is 7.10. The molecule has 1 atom stereocenters. The van der Waals surface area contributed by atoms with E-state index in [1.807, 2.05) is 10.9 Å². The molecule has 0 spiro atoms. The van der Waals surface area contributed by atoms with Gasteiger partial charge < -0.3 is 0 Å². The van der Waals surface area contributed by atoms with Crippen molar-refractivity contribution in [2.24, 2.45) is 5.84 Å². The van der Waals surface area contributed by atoms with Gasteiger partial charge in [-0.05, 0) is 23.9 Å². The number of aromatic nitrogens is 1. The van der Waals surface area contributed by atoms with Gasteiger partial charge >= 0.3 is 0 Å². The van der Waals surface area contributed by atoms with Gasteiger partial charge in [-0.2, -0.15) is 0 Å². The van der Waals surface area contributed by atoms with E-state index in [1.165, 1.54) is 10.4 Å². The van der Waals surface area contributed by atoms with Crippen molar-refractivity contribution in [3.63, 3.8) is 0 Å². The molecule has 0 bridgehead atoms. The van der Waals surface area contributed by atoms with Crippen LogP contribution >= 0.6 is 22.7 Å². The summed E-state index contributed by atoms with van der Waals surface area (Å²) in [5.41, 5.74) is 6.82. The zero-order valence-electron chi connectivity index (χ0n) is 7.73.